The van der Waals surface area contributed by atoms with E-state index in [4.69, 9.17) is 9.56 Å². The van der Waals surface area contributed by atoms with Crippen LogP contribution < -0.4 is 5.14 Å². The highest BCUT2D eigenvalue weighted by molar-refractivity contribution is 7.84. The lowest BCUT2D eigenvalue weighted by molar-refractivity contribution is 0.248. The normalized spacial score (nSPS) is 15.9. The third kappa shape index (κ3) is 5.94. The molecular weight excluding hydrogens is 360 g/mol. The Morgan fingerprint density at radius 1 is 1.20 bits per heavy atom. The predicted octanol–water partition coefficient (Wildman–Crippen LogP) is 4.86. The topological polar surface area (TPSA) is 52.3 Å². The summed E-state index contributed by atoms with van der Waals surface area (Å²) in [4.78, 5) is 0. The fourth-order valence-corrected chi connectivity index (χ4v) is 3.71. The Kier molecular flexibility index (Phi) is 7.12. The van der Waals surface area contributed by atoms with E-state index in [-0.39, 0.29) is 11.0 Å². The Bertz CT molecular complexity index is 630. The van der Waals surface area contributed by atoms with Crippen LogP contribution in [-0.2, 0) is 15.4 Å². The molecule has 0 spiro atoms. The Labute approximate surface area is 154 Å². The Morgan fingerprint density at radius 2 is 1.76 bits per heavy atom. The van der Waals surface area contributed by atoms with Crippen LogP contribution in [0.1, 0.15) is 52.5 Å². The van der Waals surface area contributed by atoms with E-state index < -0.39 is 35.7 Å². The fraction of sp³-hybridized carbons (Fsp3) is 0.667. The van der Waals surface area contributed by atoms with Crippen LogP contribution in [0.2, 0.25) is 18.1 Å². The van der Waals surface area contributed by atoms with Gasteiger partial charge in [-0.15, -0.1) is 0 Å². The van der Waals surface area contributed by atoms with Crippen molar-refractivity contribution in [1.29, 1.82) is 0 Å². The lowest BCUT2D eigenvalue weighted by atomic mass is 9.90. The summed E-state index contributed by atoms with van der Waals surface area (Å²) in [6.07, 6.45) is 0.382. The first kappa shape index (κ1) is 22.4. The Hall–Kier alpha value is -0.633. The van der Waals surface area contributed by atoms with Gasteiger partial charge in [0.15, 0.2) is 8.32 Å². The van der Waals surface area contributed by atoms with Crippen molar-refractivity contribution in [1.82, 2.24) is 0 Å². The van der Waals surface area contributed by atoms with Crippen LogP contribution in [0, 0.1) is 11.6 Å². The summed E-state index contributed by atoms with van der Waals surface area (Å²) in [5, 5.41) is 5.62. The van der Waals surface area contributed by atoms with Crippen LogP contribution in [0.5, 0.6) is 0 Å². The monoisotopic (exact) mass is 391 g/mol. The van der Waals surface area contributed by atoms with E-state index in [1.807, 2.05) is 0 Å². The lowest BCUT2D eigenvalue weighted by Gasteiger charge is -2.38. The highest BCUT2D eigenvalue weighted by Gasteiger charge is 2.39. The summed E-state index contributed by atoms with van der Waals surface area (Å²) < 4.78 is 45.0. The van der Waals surface area contributed by atoms with E-state index in [2.05, 4.69) is 33.9 Å². The maximum Gasteiger partial charge on any atom is 0.192 e. The molecule has 0 saturated carbocycles. The summed E-state index contributed by atoms with van der Waals surface area (Å²) in [5.41, 5.74) is 0.374. The van der Waals surface area contributed by atoms with Crippen molar-refractivity contribution < 1.29 is 17.4 Å². The smallest absolute Gasteiger partial charge is 0.192 e. The number of benzene rings is 1. The molecule has 0 fully saturated rings. The SMILES string of the molecule is CC(C)(C[C@@H](CO[Si](C)(C)C(C)(C)C)c1ccc(F)cc1F)S(N)=O. The first-order valence-electron chi connectivity index (χ1n) is 8.42. The molecule has 1 rings (SSSR count). The zero-order valence-electron chi connectivity index (χ0n) is 16.3. The largest absolute Gasteiger partial charge is 0.416 e. The van der Waals surface area contributed by atoms with Gasteiger partial charge in [0.25, 0.3) is 0 Å². The van der Waals surface area contributed by atoms with Gasteiger partial charge >= 0.3 is 0 Å². The Balaban J connectivity index is 3.14. The molecule has 0 amide bonds. The molecule has 3 nitrogen and oxygen atoms in total. The van der Waals surface area contributed by atoms with Crippen molar-refractivity contribution in [2.24, 2.45) is 5.14 Å². The van der Waals surface area contributed by atoms with Crippen LogP contribution in [0.4, 0.5) is 8.78 Å². The fourth-order valence-electron chi connectivity index (χ4n) is 2.29. The van der Waals surface area contributed by atoms with Gasteiger partial charge in [-0.25, -0.2) is 13.0 Å². The molecule has 0 aliphatic carbocycles. The van der Waals surface area contributed by atoms with Gasteiger partial charge in [0.2, 0.25) is 0 Å². The maximum absolute atomic E-state index is 14.3. The van der Waals surface area contributed by atoms with Gasteiger partial charge in [-0.2, -0.15) is 0 Å². The average molecular weight is 392 g/mol. The second kappa shape index (κ2) is 7.94. The second-order valence-electron chi connectivity index (χ2n) is 8.70. The molecule has 0 saturated heterocycles. The number of rotatable bonds is 7. The van der Waals surface area contributed by atoms with Crippen molar-refractivity contribution in [3.8, 4) is 0 Å². The van der Waals surface area contributed by atoms with E-state index in [0.29, 0.717) is 18.6 Å². The van der Waals surface area contributed by atoms with Gasteiger partial charge < -0.3 is 4.43 Å². The van der Waals surface area contributed by atoms with Gasteiger partial charge in [-0.05, 0) is 50.0 Å². The average Bonchev–Trinajstić information content (AvgIpc) is 2.42. The van der Waals surface area contributed by atoms with Gasteiger partial charge in [0, 0.05) is 18.6 Å². The van der Waals surface area contributed by atoms with Crippen LogP contribution in [0.15, 0.2) is 18.2 Å². The van der Waals surface area contributed by atoms with Gasteiger partial charge in [-0.1, -0.05) is 26.8 Å². The molecule has 0 aromatic heterocycles. The third-order valence-corrected chi connectivity index (χ3v) is 10.9. The molecule has 25 heavy (non-hydrogen) atoms. The predicted molar refractivity (Wildman–Crippen MR) is 103 cm³/mol. The minimum atomic E-state index is -2.04. The van der Waals surface area contributed by atoms with Crippen molar-refractivity contribution in [2.75, 3.05) is 6.61 Å². The molecule has 1 unspecified atom stereocenters. The first-order chi connectivity index (χ1) is 11.2. The highest BCUT2D eigenvalue weighted by atomic mass is 32.2. The molecule has 2 N–H and O–H groups in total. The van der Waals surface area contributed by atoms with Crippen molar-refractivity contribution in [2.45, 2.75) is 69.8 Å². The molecule has 144 valence electrons. The quantitative estimate of drug-likeness (QED) is 0.675. The van der Waals surface area contributed by atoms with Gasteiger partial charge in [0.1, 0.15) is 11.6 Å². The molecule has 0 bridgehead atoms. The maximum atomic E-state index is 14.3. The molecule has 1 aromatic rings. The number of hydrogen-bond donors (Lipinski definition) is 1. The number of halogens is 2. The van der Waals surface area contributed by atoms with Crippen LogP contribution in [-0.4, -0.2) is 23.9 Å². The molecule has 0 aliphatic heterocycles. The summed E-state index contributed by atoms with van der Waals surface area (Å²) in [5.74, 6) is -1.58. The van der Waals surface area contributed by atoms with E-state index >= 15 is 0 Å². The first-order valence-corrected chi connectivity index (χ1v) is 12.5. The summed E-state index contributed by atoms with van der Waals surface area (Å²) in [6.45, 7) is 14.5. The second-order valence-corrected chi connectivity index (χ2v) is 15.2. The van der Waals surface area contributed by atoms with Crippen molar-refractivity contribution >= 4 is 19.3 Å². The minimum absolute atomic E-state index is 0.0189. The third-order valence-electron chi connectivity index (χ3n) is 5.14. The van der Waals surface area contributed by atoms with E-state index in [0.717, 1.165) is 6.07 Å². The molecule has 1 aromatic carbocycles. The van der Waals surface area contributed by atoms with Gasteiger partial charge in [-0.3, -0.25) is 5.14 Å². The van der Waals surface area contributed by atoms with E-state index in [9.17, 15) is 13.0 Å². The zero-order chi connectivity index (χ0) is 19.6. The zero-order valence-corrected chi connectivity index (χ0v) is 18.1. The molecule has 0 aliphatic rings. The number of nitrogens with two attached hydrogens (primary N) is 1. The molecular formula is C18H31F2NO2SSi. The molecule has 2 atom stereocenters. The minimum Gasteiger partial charge on any atom is -0.416 e. The summed E-state index contributed by atoms with van der Waals surface area (Å²) in [6, 6.07) is 3.56. The van der Waals surface area contributed by atoms with Crippen LogP contribution in [0.3, 0.4) is 0 Å². The molecule has 0 radical (unpaired) electrons. The van der Waals surface area contributed by atoms with Crippen molar-refractivity contribution in [3.05, 3.63) is 35.4 Å². The van der Waals surface area contributed by atoms with Crippen LogP contribution >= 0.6 is 0 Å². The molecule has 7 heteroatoms. The van der Waals surface area contributed by atoms with Crippen molar-refractivity contribution in [3.63, 3.8) is 0 Å². The Morgan fingerprint density at radius 3 is 2.20 bits per heavy atom. The van der Waals surface area contributed by atoms with E-state index in [1.54, 1.807) is 13.8 Å². The lowest BCUT2D eigenvalue weighted by Crippen LogP contribution is -2.42. The molecule has 0 heterocycles. The number of hydrogen-bond acceptors (Lipinski definition) is 2. The summed E-state index contributed by atoms with van der Waals surface area (Å²) in [7, 11) is -3.60. The highest BCUT2D eigenvalue weighted by Crippen LogP contribution is 2.38. The van der Waals surface area contributed by atoms with Crippen LogP contribution in [0.25, 0.3) is 0 Å². The van der Waals surface area contributed by atoms with E-state index in [1.165, 1.54) is 12.1 Å². The van der Waals surface area contributed by atoms with Gasteiger partial charge in [0.05, 0.1) is 15.7 Å². The standard InChI is InChI=1S/C18H31F2NO2SSi/c1-17(2,3)25(6,7)23-12-13(11-18(4,5)24(21)22)15-9-8-14(19)10-16(15)20/h8-10,13H,11-12,21H2,1-7H3/t13-,24?/m0/s1. The summed E-state index contributed by atoms with van der Waals surface area (Å²) >= 11 is 0.